The number of allylic oxidation sites excluding steroid dienone is 1. The Morgan fingerprint density at radius 1 is 1.62 bits per heavy atom. The summed E-state index contributed by atoms with van der Waals surface area (Å²) in [4.78, 5) is 14.1. The molecule has 0 aromatic carbocycles. The zero-order valence-corrected chi connectivity index (χ0v) is 8.20. The topological polar surface area (TPSA) is 20.3 Å². The molecule has 3 atom stereocenters. The van der Waals surface area contributed by atoms with Crippen LogP contribution in [0.5, 0.6) is 0 Å². The number of piperidine rings is 1. The van der Waals surface area contributed by atoms with Gasteiger partial charge in [0.05, 0.1) is 0 Å². The Balaban J connectivity index is 2.16. The van der Waals surface area contributed by atoms with Crippen molar-refractivity contribution in [2.24, 2.45) is 5.92 Å². The monoisotopic (exact) mass is 179 g/mol. The van der Waals surface area contributed by atoms with Gasteiger partial charge in [-0.15, -0.1) is 6.58 Å². The third-order valence-corrected chi connectivity index (χ3v) is 3.63. The number of hydrogen-bond donors (Lipinski definition) is 0. The standard InChI is InChI=1S/C11H17NO/c1-3-4-9-10-6-5-8(12(10)2)7-11(9)13/h3,8-10H,1,4-7H2,2H3/t8-,9?,10+/m1/s1. The number of nitrogens with zero attached hydrogens (tertiary/aromatic N) is 1. The van der Waals surface area contributed by atoms with Crippen molar-refractivity contribution in [3.05, 3.63) is 12.7 Å². The van der Waals surface area contributed by atoms with Crippen molar-refractivity contribution in [1.82, 2.24) is 4.90 Å². The summed E-state index contributed by atoms with van der Waals surface area (Å²) in [6, 6.07) is 1.04. The first-order chi connectivity index (χ1) is 6.24. The summed E-state index contributed by atoms with van der Waals surface area (Å²) in [5, 5.41) is 0. The van der Waals surface area contributed by atoms with E-state index in [9.17, 15) is 4.79 Å². The average Bonchev–Trinajstić information content (AvgIpc) is 2.34. The highest BCUT2D eigenvalue weighted by Crippen LogP contribution is 2.37. The van der Waals surface area contributed by atoms with Crippen molar-refractivity contribution in [1.29, 1.82) is 0 Å². The zero-order chi connectivity index (χ0) is 9.42. The molecule has 2 aliphatic heterocycles. The molecule has 0 aromatic rings. The number of ketones is 1. The average molecular weight is 179 g/mol. The van der Waals surface area contributed by atoms with Gasteiger partial charge in [0.25, 0.3) is 0 Å². The van der Waals surface area contributed by atoms with Crippen LogP contribution in [0.15, 0.2) is 12.7 Å². The number of hydrogen-bond acceptors (Lipinski definition) is 2. The number of carbonyl (C=O) groups excluding carboxylic acids is 1. The fourth-order valence-corrected chi connectivity index (χ4v) is 2.84. The molecule has 0 aliphatic carbocycles. The molecule has 0 saturated carbocycles. The van der Waals surface area contributed by atoms with Gasteiger partial charge >= 0.3 is 0 Å². The van der Waals surface area contributed by atoms with Crippen LogP contribution in [0.4, 0.5) is 0 Å². The number of rotatable bonds is 2. The second-order valence-corrected chi connectivity index (χ2v) is 4.27. The van der Waals surface area contributed by atoms with E-state index in [2.05, 4.69) is 18.5 Å². The Kier molecular flexibility index (Phi) is 2.24. The molecule has 2 fully saturated rings. The molecular formula is C11H17NO. The van der Waals surface area contributed by atoms with E-state index in [0.29, 0.717) is 17.9 Å². The minimum absolute atomic E-state index is 0.237. The third-order valence-electron chi connectivity index (χ3n) is 3.63. The number of fused-ring (bicyclic) bond motifs is 2. The lowest BCUT2D eigenvalue weighted by molar-refractivity contribution is -0.128. The van der Waals surface area contributed by atoms with Gasteiger partial charge in [0.2, 0.25) is 0 Å². The van der Waals surface area contributed by atoms with E-state index in [1.54, 1.807) is 0 Å². The summed E-state index contributed by atoms with van der Waals surface area (Å²) in [5.74, 6) is 0.701. The van der Waals surface area contributed by atoms with Crippen molar-refractivity contribution in [3.63, 3.8) is 0 Å². The molecule has 2 heterocycles. The third kappa shape index (κ3) is 1.33. The first-order valence-corrected chi connectivity index (χ1v) is 5.09. The second-order valence-electron chi connectivity index (χ2n) is 4.27. The molecule has 2 aliphatic rings. The fraction of sp³-hybridized carbons (Fsp3) is 0.727. The van der Waals surface area contributed by atoms with Crippen LogP contribution in [0, 0.1) is 5.92 Å². The molecule has 72 valence electrons. The lowest BCUT2D eigenvalue weighted by Crippen LogP contribution is -2.46. The quantitative estimate of drug-likeness (QED) is 0.600. The summed E-state index contributed by atoms with van der Waals surface area (Å²) in [6.07, 6.45) is 5.92. The minimum Gasteiger partial charge on any atom is -0.299 e. The van der Waals surface area contributed by atoms with Crippen molar-refractivity contribution in [2.45, 2.75) is 37.8 Å². The summed E-state index contributed by atoms with van der Waals surface area (Å²) in [6.45, 7) is 3.73. The maximum Gasteiger partial charge on any atom is 0.139 e. The Morgan fingerprint density at radius 2 is 2.38 bits per heavy atom. The van der Waals surface area contributed by atoms with Gasteiger partial charge in [0.15, 0.2) is 0 Å². The summed E-state index contributed by atoms with van der Waals surface area (Å²) < 4.78 is 0. The molecule has 0 radical (unpaired) electrons. The molecular weight excluding hydrogens is 162 g/mol. The molecule has 0 N–H and O–H groups in total. The van der Waals surface area contributed by atoms with Crippen LogP contribution in [0.3, 0.4) is 0 Å². The number of carbonyl (C=O) groups is 1. The van der Waals surface area contributed by atoms with Crippen LogP contribution in [-0.4, -0.2) is 29.8 Å². The van der Waals surface area contributed by atoms with Crippen molar-refractivity contribution in [2.75, 3.05) is 7.05 Å². The Bertz CT molecular complexity index is 236. The van der Waals surface area contributed by atoms with E-state index in [-0.39, 0.29) is 5.92 Å². The van der Waals surface area contributed by atoms with Gasteiger partial charge in [-0.25, -0.2) is 0 Å². The first kappa shape index (κ1) is 8.95. The highest BCUT2D eigenvalue weighted by atomic mass is 16.1. The van der Waals surface area contributed by atoms with Gasteiger partial charge in [-0.1, -0.05) is 6.08 Å². The minimum atomic E-state index is 0.237. The van der Waals surface area contributed by atoms with Gasteiger partial charge in [0, 0.05) is 24.4 Å². The Labute approximate surface area is 79.6 Å². The largest absolute Gasteiger partial charge is 0.299 e. The SMILES string of the molecule is C=CCC1C(=O)C[C@H]2CC[C@@H]1N2C. The van der Waals surface area contributed by atoms with E-state index in [1.807, 2.05) is 6.08 Å². The summed E-state index contributed by atoms with van der Waals surface area (Å²) in [7, 11) is 2.16. The van der Waals surface area contributed by atoms with E-state index in [4.69, 9.17) is 0 Å². The molecule has 13 heavy (non-hydrogen) atoms. The smallest absolute Gasteiger partial charge is 0.139 e. The van der Waals surface area contributed by atoms with E-state index in [0.717, 1.165) is 12.8 Å². The maximum absolute atomic E-state index is 11.7. The van der Waals surface area contributed by atoms with Gasteiger partial charge in [-0.3, -0.25) is 9.69 Å². The van der Waals surface area contributed by atoms with E-state index >= 15 is 0 Å². The predicted molar refractivity (Wildman–Crippen MR) is 52.5 cm³/mol. The predicted octanol–water partition coefficient (Wildman–Crippen LogP) is 1.61. The summed E-state index contributed by atoms with van der Waals surface area (Å²) in [5.41, 5.74) is 0. The molecule has 2 bridgehead atoms. The van der Waals surface area contributed by atoms with Crippen LogP contribution in [0.1, 0.15) is 25.7 Å². The van der Waals surface area contributed by atoms with E-state index in [1.165, 1.54) is 12.8 Å². The number of Topliss-reactive ketones (excluding diaryl/α,β-unsaturated/α-hetero) is 1. The van der Waals surface area contributed by atoms with Crippen molar-refractivity contribution < 1.29 is 4.79 Å². The van der Waals surface area contributed by atoms with Crippen LogP contribution in [0.2, 0.25) is 0 Å². The van der Waals surface area contributed by atoms with E-state index < -0.39 is 0 Å². The molecule has 2 rings (SSSR count). The maximum atomic E-state index is 11.7. The van der Waals surface area contributed by atoms with Crippen LogP contribution >= 0.6 is 0 Å². The molecule has 2 heteroatoms. The molecule has 0 spiro atoms. The molecule has 0 aromatic heterocycles. The fourth-order valence-electron chi connectivity index (χ4n) is 2.84. The van der Waals surface area contributed by atoms with Gasteiger partial charge in [-0.05, 0) is 26.3 Å². The lowest BCUT2D eigenvalue weighted by Gasteiger charge is -2.36. The molecule has 1 unspecified atom stereocenters. The second kappa shape index (κ2) is 3.26. The normalized spacial score (nSPS) is 39.5. The highest BCUT2D eigenvalue weighted by molar-refractivity contribution is 5.83. The van der Waals surface area contributed by atoms with Crippen LogP contribution in [-0.2, 0) is 4.79 Å². The molecule has 2 saturated heterocycles. The van der Waals surface area contributed by atoms with Crippen molar-refractivity contribution in [3.8, 4) is 0 Å². The van der Waals surface area contributed by atoms with Crippen LogP contribution in [0.25, 0.3) is 0 Å². The van der Waals surface area contributed by atoms with Crippen molar-refractivity contribution >= 4 is 5.78 Å². The van der Waals surface area contributed by atoms with Gasteiger partial charge < -0.3 is 0 Å². The van der Waals surface area contributed by atoms with Gasteiger partial charge in [0.1, 0.15) is 5.78 Å². The highest BCUT2D eigenvalue weighted by Gasteiger charge is 2.43. The Hall–Kier alpha value is -0.630. The summed E-state index contributed by atoms with van der Waals surface area (Å²) >= 11 is 0. The molecule has 0 amide bonds. The lowest BCUT2D eigenvalue weighted by atomic mass is 9.87. The first-order valence-electron chi connectivity index (χ1n) is 5.09. The van der Waals surface area contributed by atoms with Crippen LogP contribution < -0.4 is 0 Å². The zero-order valence-electron chi connectivity index (χ0n) is 8.20. The molecule has 2 nitrogen and oxygen atoms in total. The van der Waals surface area contributed by atoms with Gasteiger partial charge in [-0.2, -0.15) is 0 Å². The Morgan fingerprint density at radius 3 is 3.08 bits per heavy atom.